The van der Waals surface area contributed by atoms with Gasteiger partial charge in [0.25, 0.3) is 0 Å². The number of piperidine rings is 1. The quantitative estimate of drug-likeness (QED) is 0.798. The Labute approximate surface area is 160 Å². The van der Waals surface area contributed by atoms with Crippen molar-refractivity contribution in [2.45, 2.75) is 50.5 Å². The predicted molar refractivity (Wildman–Crippen MR) is 106 cm³/mol. The van der Waals surface area contributed by atoms with Crippen molar-refractivity contribution in [3.63, 3.8) is 0 Å². The van der Waals surface area contributed by atoms with Crippen LogP contribution >= 0.6 is 0 Å². The van der Waals surface area contributed by atoms with Gasteiger partial charge < -0.3 is 14.8 Å². The first-order chi connectivity index (χ1) is 12.9. The minimum atomic E-state index is -0.740. The number of H-pyrrole nitrogens is 1. The summed E-state index contributed by atoms with van der Waals surface area (Å²) < 4.78 is 5.26. The molecule has 0 saturated carbocycles. The molecule has 27 heavy (non-hydrogen) atoms. The average molecular weight is 370 g/mol. The summed E-state index contributed by atoms with van der Waals surface area (Å²) in [5.41, 5.74) is 1.87. The number of carbonyl (C=O) groups is 1. The lowest BCUT2D eigenvalue weighted by Gasteiger charge is -2.44. The topological polar surface area (TPSA) is 65.6 Å². The molecule has 0 amide bonds. The van der Waals surface area contributed by atoms with E-state index in [9.17, 15) is 9.90 Å². The molecular weight excluding hydrogens is 340 g/mol. The highest BCUT2D eigenvalue weighted by molar-refractivity contribution is 5.90. The molecule has 0 aliphatic carbocycles. The third-order valence-corrected chi connectivity index (χ3v) is 6.74. The number of aromatic amines is 1. The van der Waals surface area contributed by atoms with Gasteiger partial charge in [0.05, 0.1) is 12.7 Å². The van der Waals surface area contributed by atoms with Crippen molar-refractivity contribution in [3.8, 4) is 0 Å². The number of aromatic nitrogens is 1. The first-order valence-electron chi connectivity index (χ1n) is 10.0. The second-order valence-electron chi connectivity index (χ2n) is 8.69. The molecule has 1 fully saturated rings. The molecule has 2 bridgehead atoms. The molecular formula is C22H30N2O3. The maximum Gasteiger partial charge on any atom is 0.317 e. The molecule has 2 N–H and O–H groups in total. The van der Waals surface area contributed by atoms with Gasteiger partial charge in [-0.05, 0) is 50.2 Å². The van der Waals surface area contributed by atoms with Gasteiger partial charge >= 0.3 is 5.97 Å². The number of benzene rings is 1. The lowest BCUT2D eigenvalue weighted by atomic mass is 9.72. The van der Waals surface area contributed by atoms with Gasteiger partial charge in [-0.3, -0.25) is 9.69 Å². The summed E-state index contributed by atoms with van der Waals surface area (Å²) in [6.45, 7) is 6.59. The Bertz CT molecular complexity index is 860. The number of aliphatic hydroxyl groups is 1. The van der Waals surface area contributed by atoms with Crippen molar-refractivity contribution in [1.29, 1.82) is 0 Å². The zero-order chi connectivity index (χ0) is 19.2. The predicted octanol–water partition coefficient (Wildman–Crippen LogP) is 3.01. The third kappa shape index (κ3) is 3.07. The van der Waals surface area contributed by atoms with Crippen molar-refractivity contribution < 1.29 is 14.6 Å². The van der Waals surface area contributed by atoms with E-state index in [0.717, 1.165) is 43.6 Å². The van der Waals surface area contributed by atoms with Crippen molar-refractivity contribution >= 4 is 16.9 Å². The molecule has 4 unspecified atom stereocenters. The molecule has 3 heterocycles. The highest BCUT2D eigenvalue weighted by Gasteiger charge is 2.46. The van der Waals surface area contributed by atoms with Gasteiger partial charge in [0.15, 0.2) is 0 Å². The maximum atomic E-state index is 13.0. The molecule has 5 nitrogen and oxygen atoms in total. The van der Waals surface area contributed by atoms with Crippen molar-refractivity contribution in [2.24, 2.45) is 5.92 Å². The van der Waals surface area contributed by atoms with Crippen LogP contribution in [0.15, 0.2) is 24.3 Å². The van der Waals surface area contributed by atoms with E-state index in [1.165, 1.54) is 18.1 Å². The van der Waals surface area contributed by atoms with Crippen LogP contribution in [-0.4, -0.2) is 53.3 Å². The van der Waals surface area contributed by atoms with Crippen LogP contribution in [0.2, 0.25) is 0 Å². The van der Waals surface area contributed by atoms with E-state index in [1.807, 2.05) is 19.1 Å². The van der Waals surface area contributed by atoms with Crippen LogP contribution in [-0.2, 0) is 21.4 Å². The molecule has 1 aromatic carbocycles. The van der Waals surface area contributed by atoms with Crippen LogP contribution < -0.4 is 0 Å². The Kier molecular flexibility index (Phi) is 4.55. The molecule has 4 rings (SSSR count). The Hall–Kier alpha value is -1.85. The Morgan fingerprint density at radius 3 is 2.89 bits per heavy atom. The summed E-state index contributed by atoms with van der Waals surface area (Å²) in [7, 11) is 1.47. The van der Waals surface area contributed by atoms with E-state index < -0.39 is 11.0 Å². The fourth-order valence-corrected chi connectivity index (χ4v) is 5.37. The number of hydrogen-bond donors (Lipinski definition) is 2. The first-order valence-corrected chi connectivity index (χ1v) is 10.0. The fourth-order valence-electron chi connectivity index (χ4n) is 5.37. The summed E-state index contributed by atoms with van der Waals surface area (Å²) in [6, 6.07) is 8.27. The zero-order valence-electron chi connectivity index (χ0n) is 16.5. The molecule has 2 aromatic rings. The highest BCUT2D eigenvalue weighted by atomic mass is 16.5. The van der Waals surface area contributed by atoms with Gasteiger partial charge in [-0.15, -0.1) is 0 Å². The number of methoxy groups -OCH3 is 1. The molecule has 1 saturated heterocycles. The lowest BCUT2D eigenvalue weighted by molar-refractivity contribution is -0.148. The van der Waals surface area contributed by atoms with Crippen molar-refractivity contribution in [3.05, 3.63) is 35.5 Å². The van der Waals surface area contributed by atoms with E-state index in [0.29, 0.717) is 13.0 Å². The molecule has 0 radical (unpaired) electrons. The van der Waals surface area contributed by atoms with Gasteiger partial charge in [-0.25, -0.2) is 0 Å². The van der Waals surface area contributed by atoms with Crippen molar-refractivity contribution in [2.75, 3.05) is 26.7 Å². The number of ether oxygens (including phenoxy) is 1. The SMILES string of the molecule is CCC1(O)CC2CN(CCc3c([nH]c4ccccc34)C(C)(C(=O)OC)C2)C1. The van der Waals surface area contributed by atoms with Crippen LogP contribution in [0.1, 0.15) is 44.4 Å². The second-order valence-corrected chi connectivity index (χ2v) is 8.69. The van der Waals surface area contributed by atoms with Crippen molar-refractivity contribution in [1.82, 2.24) is 9.88 Å². The summed E-state index contributed by atoms with van der Waals surface area (Å²) >= 11 is 0. The molecule has 2 aliphatic heterocycles. The lowest BCUT2D eigenvalue weighted by Crippen LogP contribution is -2.52. The summed E-state index contributed by atoms with van der Waals surface area (Å²) in [5.74, 6) is 0.0551. The number of para-hydroxylation sites is 1. The van der Waals surface area contributed by atoms with Gasteiger partial charge in [0, 0.05) is 36.2 Å². The Morgan fingerprint density at radius 2 is 2.15 bits per heavy atom. The normalized spacial score (nSPS) is 33.6. The summed E-state index contributed by atoms with van der Waals surface area (Å²) in [4.78, 5) is 18.9. The maximum absolute atomic E-state index is 13.0. The number of esters is 1. The Morgan fingerprint density at radius 1 is 1.37 bits per heavy atom. The summed E-state index contributed by atoms with van der Waals surface area (Å²) in [6.07, 6.45) is 3.02. The second kappa shape index (κ2) is 6.64. The Balaban J connectivity index is 1.86. The van der Waals surface area contributed by atoms with Crippen LogP contribution in [0.5, 0.6) is 0 Å². The average Bonchev–Trinajstić information content (AvgIpc) is 3.05. The van der Waals surface area contributed by atoms with Crippen LogP contribution in [0.4, 0.5) is 0 Å². The zero-order valence-corrected chi connectivity index (χ0v) is 16.5. The van der Waals surface area contributed by atoms with Crippen LogP contribution in [0.25, 0.3) is 10.9 Å². The van der Waals surface area contributed by atoms with Gasteiger partial charge in [0.1, 0.15) is 5.41 Å². The van der Waals surface area contributed by atoms with E-state index in [1.54, 1.807) is 0 Å². The van der Waals surface area contributed by atoms with Crippen LogP contribution in [0.3, 0.4) is 0 Å². The largest absolute Gasteiger partial charge is 0.468 e. The fraction of sp³-hybridized carbons (Fsp3) is 0.591. The smallest absolute Gasteiger partial charge is 0.317 e. The molecule has 0 spiro atoms. The van der Waals surface area contributed by atoms with E-state index in [4.69, 9.17) is 4.74 Å². The molecule has 1 aromatic heterocycles. The van der Waals surface area contributed by atoms with E-state index in [2.05, 4.69) is 28.9 Å². The minimum absolute atomic E-state index is 0.200. The van der Waals surface area contributed by atoms with Gasteiger partial charge in [-0.2, -0.15) is 0 Å². The standard InChI is InChI=1S/C22H30N2O3/c1-4-22(26)12-15-11-21(2,20(25)27-3)19-17(9-10-24(13-15)14-22)16-7-5-6-8-18(16)23-19/h5-8,15,23,26H,4,9-14H2,1-3H3. The van der Waals surface area contributed by atoms with Gasteiger partial charge in [-0.1, -0.05) is 25.1 Å². The van der Waals surface area contributed by atoms with Gasteiger partial charge in [0.2, 0.25) is 0 Å². The van der Waals surface area contributed by atoms with E-state index in [-0.39, 0.29) is 11.9 Å². The van der Waals surface area contributed by atoms with E-state index >= 15 is 0 Å². The number of nitrogens with zero attached hydrogens (tertiary/aromatic N) is 1. The number of carbonyl (C=O) groups excluding carboxylic acids is 1. The minimum Gasteiger partial charge on any atom is -0.468 e. The number of hydrogen-bond acceptors (Lipinski definition) is 4. The van der Waals surface area contributed by atoms with Crippen LogP contribution in [0, 0.1) is 5.92 Å². The number of fused-ring (bicyclic) bond motifs is 5. The summed E-state index contributed by atoms with van der Waals surface area (Å²) in [5, 5.41) is 12.2. The highest BCUT2D eigenvalue weighted by Crippen LogP contribution is 2.42. The monoisotopic (exact) mass is 370 g/mol. The molecule has 2 aliphatic rings. The number of nitrogens with one attached hydrogen (secondary N) is 1. The first kappa shape index (κ1) is 18.5. The third-order valence-electron chi connectivity index (χ3n) is 6.74. The molecule has 4 atom stereocenters. The number of rotatable bonds is 2. The molecule has 5 heteroatoms. The molecule has 146 valence electrons.